The number of aliphatic hydroxyl groups is 1. The summed E-state index contributed by atoms with van der Waals surface area (Å²) in [5.41, 5.74) is 1.21. The van der Waals surface area contributed by atoms with E-state index in [0.29, 0.717) is 13.2 Å². The number of benzene rings is 1. The molecule has 1 aromatic carbocycles. The van der Waals surface area contributed by atoms with Crippen molar-refractivity contribution in [1.29, 1.82) is 0 Å². The zero-order valence-corrected chi connectivity index (χ0v) is 13.6. The van der Waals surface area contributed by atoms with Gasteiger partial charge in [-0.2, -0.15) is 0 Å². The molecule has 0 spiro atoms. The van der Waals surface area contributed by atoms with E-state index in [1.807, 2.05) is 26.0 Å². The molecule has 21 heavy (non-hydrogen) atoms. The van der Waals surface area contributed by atoms with E-state index in [9.17, 15) is 5.11 Å². The van der Waals surface area contributed by atoms with Gasteiger partial charge in [0.2, 0.25) is 0 Å². The Labute approximate surface area is 132 Å². The van der Waals surface area contributed by atoms with Gasteiger partial charge in [0.25, 0.3) is 0 Å². The van der Waals surface area contributed by atoms with E-state index < -0.39 is 6.10 Å². The highest BCUT2D eigenvalue weighted by Crippen LogP contribution is 2.19. The number of anilines is 1. The number of aliphatic hydroxyl groups excluding tert-OH is 1. The second-order valence-electron chi connectivity index (χ2n) is 5.80. The van der Waals surface area contributed by atoms with Gasteiger partial charge in [-0.25, -0.2) is 0 Å². The maximum atomic E-state index is 9.97. The Morgan fingerprint density at radius 3 is 2.33 bits per heavy atom. The first-order chi connectivity index (χ1) is 10.0. The van der Waals surface area contributed by atoms with Crippen molar-refractivity contribution < 1.29 is 9.84 Å². The molecule has 0 aliphatic carbocycles. The number of piperazine rings is 1. The standard InChI is InChI=1S/C16H25ClN2O2/c1-13(2)21-12-16(20)11-18-7-9-19(10-8-18)15-5-3-14(17)4-6-15/h3-6,13,16,20H,7-12H2,1-2H3. The van der Waals surface area contributed by atoms with Gasteiger partial charge >= 0.3 is 0 Å². The minimum Gasteiger partial charge on any atom is -0.389 e. The first-order valence-electron chi connectivity index (χ1n) is 7.57. The van der Waals surface area contributed by atoms with E-state index >= 15 is 0 Å². The molecule has 1 fully saturated rings. The minimum atomic E-state index is -0.408. The van der Waals surface area contributed by atoms with Crippen molar-refractivity contribution in [3.8, 4) is 0 Å². The lowest BCUT2D eigenvalue weighted by atomic mass is 10.2. The molecule has 2 rings (SSSR count). The highest BCUT2D eigenvalue weighted by atomic mass is 35.5. The molecule has 1 N–H and O–H groups in total. The number of halogens is 1. The van der Waals surface area contributed by atoms with Crippen molar-refractivity contribution in [2.24, 2.45) is 0 Å². The molecule has 1 aromatic rings. The van der Waals surface area contributed by atoms with Crippen molar-refractivity contribution >= 4 is 17.3 Å². The van der Waals surface area contributed by atoms with Gasteiger partial charge in [0.1, 0.15) is 0 Å². The highest BCUT2D eigenvalue weighted by molar-refractivity contribution is 6.30. The van der Waals surface area contributed by atoms with E-state index in [-0.39, 0.29) is 6.10 Å². The van der Waals surface area contributed by atoms with Crippen LogP contribution >= 0.6 is 11.6 Å². The Kier molecular flexibility index (Phi) is 6.30. The number of hydrogen-bond acceptors (Lipinski definition) is 4. The summed E-state index contributed by atoms with van der Waals surface area (Å²) in [5, 5.41) is 10.7. The summed E-state index contributed by atoms with van der Waals surface area (Å²) in [6.07, 6.45) is -0.240. The smallest absolute Gasteiger partial charge is 0.0900 e. The Balaban J connectivity index is 1.74. The molecule has 1 aliphatic rings. The number of ether oxygens (including phenoxy) is 1. The fourth-order valence-electron chi connectivity index (χ4n) is 2.49. The van der Waals surface area contributed by atoms with Crippen LogP contribution in [-0.2, 0) is 4.74 Å². The fourth-order valence-corrected chi connectivity index (χ4v) is 2.62. The summed E-state index contributed by atoms with van der Waals surface area (Å²) >= 11 is 5.92. The zero-order chi connectivity index (χ0) is 15.2. The summed E-state index contributed by atoms with van der Waals surface area (Å²) in [4.78, 5) is 4.64. The van der Waals surface area contributed by atoms with Crippen LogP contribution in [0.15, 0.2) is 24.3 Å². The Bertz CT molecular complexity index is 417. The van der Waals surface area contributed by atoms with Crippen LogP contribution in [0.5, 0.6) is 0 Å². The molecule has 0 aromatic heterocycles. The summed E-state index contributed by atoms with van der Waals surface area (Å²) < 4.78 is 5.45. The van der Waals surface area contributed by atoms with Crippen LogP contribution in [0.2, 0.25) is 5.02 Å². The molecule has 0 radical (unpaired) electrons. The molecule has 1 unspecified atom stereocenters. The van der Waals surface area contributed by atoms with Gasteiger partial charge in [0.15, 0.2) is 0 Å². The van der Waals surface area contributed by atoms with Gasteiger partial charge in [-0.1, -0.05) is 11.6 Å². The lowest BCUT2D eigenvalue weighted by Gasteiger charge is -2.37. The van der Waals surface area contributed by atoms with E-state index in [1.54, 1.807) is 0 Å². The molecule has 1 atom stereocenters. The summed E-state index contributed by atoms with van der Waals surface area (Å²) in [7, 11) is 0. The van der Waals surface area contributed by atoms with E-state index in [4.69, 9.17) is 16.3 Å². The monoisotopic (exact) mass is 312 g/mol. The van der Waals surface area contributed by atoms with E-state index in [2.05, 4.69) is 21.9 Å². The summed E-state index contributed by atoms with van der Waals surface area (Å²) in [5.74, 6) is 0. The third-order valence-electron chi connectivity index (χ3n) is 3.65. The second kappa shape index (κ2) is 7.99. The number of β-amino-alcohol motifs (C(OH)–C–C–N with tert-alkyl or cyclic N) is 1. The SMILES string of the molecule is CC(C)OCC(O)CN1CCN(c2ccc(Cl)cc2)CC1. The molecule has 0 bridgehead atoms. The normalized spacial score (nSPS) is 18.2. The average molecular weight is 313 g/mol. The van der Waals surface area contributed by atoms with Crippen LogP contribution in [0.3, 0.4) is 0 Å². The van der Waals surface area contributed by atoms with Crippen LogP contribution in [0, 0.1) is 0 Å². The van der Waals surface area contributed by atoms with E-state index in [0.717, 1.165) is 31.2 Å². The number of rotatable bonds is 6. The van der Waals surface area contributed by atoms with Crippen molar-refractivity contribution in [3.05, 3.63) is 29.3 Å². The van der Waals surface area contributed by atoms with Crippen molar-refractivity contribution in [1.82, 2.24) is 4.90 Å². The quantitative estimate of drug-likeness (QED) is 0.874. The molecule has 4 nitrogen and oxygen atoms in total. The first kappa shape index (κ1) is 16.6. The Hall–Kier alpha value is -0.810. The molecular weight excluding hydrogens is 288 g/mol. The lowest BCUT2D eigenvalue weighted by Crippen LogP contribution is -2.49. The maximum Gasteiger partial charge on any atom is 0.0900 e. The lowest BCUT2D eigenvalue weighted by molar-refractivity contribution is -0.00899. The zero-order valence-electron chi connectivity index (χ0n) is 12.8. The molecule has 5 heteroatoms. The summed E-state index contributed by atoms with van der Waals surface area (Å²) in [6, 6.07) is 7.97. The second-order valence-corrected chi connectivity index (χ2v) is 6.24. The van der Waals surface area contributed by atoms with Gasteiger partial charge < -0.3 is 14.7 Å². The molecule has 118 valence electrons. The van der Waals surface area contributed by atoms with Crippen LogP contribution in [0.25, 0.3) is 0 Å². The van der Waals surface area contributed by atoms with Crippen molar-refractivity contribution in [3.63, 3.8) is 0 Å². The van der Waals surface area contributed by atoms with Gasteiger partial charge in [0, 0.05) is 43.4 Å². The van der Waals surface area contributed by atoms with Crippen LogP contribution < -0.4 is 4.90 Å². The van der Waals surface area contributed by atoms with Gasteiger partial charge in [0.05, 0.1) is 18.8 Å². The van der Waals surface area contributed by atoms with Crippen LogP contribution in [-0.4, -0.2) is 61.5 Å². The van der Waals surface area contributed by atoms with Crippen LogP contribution in [0.4, 0.5) is 5.69 Å². The van der Waals surface area contributed by atoms with Gasteiger partial charge in [-0.15, -0.1) is 0 Å². The van der Waals surface area contributed by atoms with Gasteiger partial charge in [-0.3, -0.25) is 4.90 Å². The molecule has 1 aliphatic heterocycles. The van der Waals surface area contributed by atoms with Gasteiger partial charge in [-0.05, 0) is 38.1 Å². The highest BCUT2D eigenvalue weighted by Gasteiger charge is 2.19. The third kappa shape index (κ3) is 5.47. The molecule has 1 heterocycles. The molecule has 0 amide bonds. The third-order valence-corrected chi connectivity index (χ3v) is 3.91. The molecule has 1 saturated heterocycles. The topological polar surface area (TPSA) is 35.9 Å². The van der Waals surface area contributed by atoms with Crippen molar-refractivity contribution in [2.45, 2.75) is 26.1 Å². The molecular formula is C16H25ClN2O2. The largest absolute Gasteiger partial charge is 0.389 e. The predicted molar refractivity (Wildman–Crippen MR) is 87.2 cm³/mol. The molecule has 0 saturated carbocycles. The Morgan fingerprint density at radius 2 is 1.76 bits per heavy atom. The Morgan fingerprint density at radius 1 is 1.14 bits per heavy atom. The fraction of sp³-hybridized carbons (Fsp3) is 0.625. The maximum absolute atomic E-state index is 9.97. The predicted octanol–water partition coefficient (Wildman–Crippen LogP) is 2.25. The average Bonchev–Trinajstić information content (AvgIpc) is 2.47. The van der Waals surface area contributed by atoms with E-state index in [1.165, 1.54) is 5.69 Å². The van der Waals surface area contributed by atoms with Crippen molar-refractivity contribution in [2.75, 3.05) is 44.2 Å². The number of hydrogen-bond donors (Lipinski definition) is 1. The first-order valence-corrected chi connectivity index (χ1v) is 7.95. The van der Waals surface area contributed by atoms with Crippen LogP contribution in [0.1, 0.15) is 13.8 Å². The summed E-state index contributed by atoms with van der Waals surface area (Å²) in [6.45, 7) is 8.92. The minimum absolute atomic E-state index is 0.168. The number of nitrogens with zero attached hydrogens (tertiary/aromatic N) is 2.